The molecule has 3 aliphatic heterocycles. The van der Waals surface area contributed by atoms with Crippen molar-refractivity contribution in [3.63, 3.8) is 0 Å². The summed E-state index contributed by atoms with van der Waals surface area (Å²) in [4.78, 5) is 29.8. The lowest BCUT2D eigenvalue weighted by Gasteiger charge is -2.36. The van der Waals surface area contributed by atoms with Crippen molar-refractivity contribution in [1.29, 1.82) is 0 Å². The van der Waals surface area contributed by atoms with E-state index in [1.54, 1.807) is 13.0 Å². The Labute approximate surface area is 229 Å². The molecule has 1 fully saturated rings. The molecular formula is C31H37N3O5. The number of carbonyl (C=O) groups is 2. The SMILES string of the molecule is CCOC(=O)C1=C(C(=O)NC2CCN(C)CC2)C2(CO)C=CC1(C(Cc1ccccc1)Nc1ccccc1)O2. The van der Waals surface area contributed by atoms with Crippen LogP contribution in [0, 0.1) is 0 Å². The second-order valence-electron chi connectivity index (χ2n) is 10.6. The van der Waals surface area contributed by atoms with Gasteiger partial charge in [-0.05, 0) is 76.2 Å². The minimum atomic E-state index is -1.44. The Balaban J connectivity index is 1.59. The largest absolute Gasteiger partial charge is 0.463 e. The number of hydrogen-bond donors (Lipinski definition) is 3. The molecule has 3 atom stereocenters. The van der Waals surface area contributed by atoms with E-state index in [1.165, 1.54) is 0 Å². The normalized spacial score (nSPS) is 25.5. The van der Waals surface area contributed by atoms with Crippen LogP contribution in [0.1, 0.15) is 25.3 Å². The van der Waals surface area contributed by atoms with Crippen LogP contribution >= 0.6 is 0 Å². The molecule has 3 aliphatic rings. The van der Waals surface area contributed by atoms with E-state index in [0.717, 1.165) is 37.2 Å². The first-order valence-corrected chi connectivity index (χ1v) is 13.7. The number of nitrogens with zero attached hydrogens (tertiary/aromatic N) is 1. The van der Waals surface area contributed by atoms with Gasteiger partial charge in [-0.2, -0.15) is 0 Å². The Hall–Kier alpha value is -3.46. The van der Waals surface area contributed by atoms with Crippen molar-refractivity contribution in [2.45, 2.75) is 49.5 Å². The average Bonchev–Trinajstić information content (AvgIpc) is 3.49. The van der Waals surface area contributed by atoms with Crippen LogP contribution in [0.2, 0.25) is 0 Å². The van der Waals surface area contributed by atoms with Gasteiger partial charge in [0.2, 0.25) is 0 Å². The molecule has 8 nitrogen and oxygen atoms in total. The van der Waals surface area contributed by atoms with E-state index in [1.807, 2.05) is 66.7 Å². The van der Waals surface area contributed by atoms with Gasteiger partial charge in [-0.15, -0.1) is 0 Å². The van der Waals surface area contributed by atoms with Gasteiger partial charge in [-0.25, -0.2) is 4.79 Å². The van der Waals surface area contributed by atoms with E-state index in [0.29, 0.717) is 6.42 Å². The number of carbonyl (C=O) groups excluding carboxylic acids is 2. The van der Waals surface area contributed by atoms with Crippen LogP contribution in [0.4, 0.5) is 5.69 Å². The molecule has 1 amide bonds. The zero-order valence-corrected chi connectivity index (χ0v) is 22.6. The highest BCUT2D eigenvalue weighted by molar-refractivity contribution is 6.08. The van der Waals surface area contributed by atoms with Gasteiger partial charge < -0.3 is 30.1 Å². The predicted molar refractivity (Wildman–Crippen MR) is 149 cm³/mol. The van der Waals surface area contributed by atoms with Gasteiger partial charge in [-0.1, -0.05) is 48.5 Å². The third kappa shape index (κ3) is 5.24. The quantitative estimate of drug-likeness (QED) is 0.320. The Bertz CT molecular complexity index is 1200. The number of fused-ring (bicyclic) bond motifs is 2. The van der Waals surface area contributed by atoms with Crippen LogP contribution in [0.5, 0.6) is 0 Å². The summed E-state index contributed by atoms with van der Waals surface area (Å²) in [7, 11) is 2.06. The zero-order chi connectivity index (χ0) is 27.5. The summed E-state index contributed by atoms with van der Waals surface area (Å²) < 4.78 is 12.2. The van der Waals surface area contributed by atoms with Crippen molar-refractivity contribution in [1.82, 2.24) is 10.2 Å². The molecule has 3 heterocycles. The number of aliphatic hydroxyl groups is 1. The van der Waals surface area contributed by atoms with Gasteiger partial charge in [-0.3, -0.25) is 4.79 Å². The molecule has 2 aromatic rings. The molecule has 0 radical (unpaired) electrons. The number of benzene rings is 2. The highest BCUT2D eigenvalue weighted by Crippen LogP contribution is 2.53. The number of rotatable bonds is 10. The van der Waals surface area contributed by atoms with Crippen molar-refractivity contribution in [3.05, 3.63) is 89.5 Å². The number of aliphatic hydroxyl groups excluding tert-OH is 1. The average molecular weight is 532 g/mol. The number of nitrogens with one attached hydrogen (secondary N) is 2. The number of esters is 1. The number of ether oxygens (including phenoxy) is 2. The van der Waals surface area contributed by atoms with Gasteiger partial charge in [0, 0.05) is 11.7 Å². The van der Waals surface area contributed by atoms with E-state index < -0.39 is 35.7 Å². The zero-order valence-electron chi connectivity index (χ0n) is 22.6. The van der Waals surface area contributed by atoms with Crippen LogP contribution in [-0.4, -0.2) is 78.5 Å². The van der Waals surface area contributed by atoms with Gasteiger partial charge in [0.05, 0.1) is 30.4 Å². The highest BCUT2D eigenvalue weighted by atomic mass is 16.6. The maximum absolute atomic E-state index is 13.9. The molecule has 0 aliphatic carbocycles. The van der Waals surface area contributed by atoms with E-state index in [9.17, 15) is 14.7 Å². The Morgan fingerprint density at radius 3 is 2.36 bits per heavy atom. The predicted octanol–water partition coefficient (Wildman–Crippen LogP) is 2.85. The highest BCUT2D eigenvalue weighted by Gasteiger charge is 2.64. The Morgan fingerprint density at radius 1 is 1.05 bits per heavy atom. The summed E-state index contributed by atoms with van der Waals surface area (Å²) in [6.07, 6.45) is 5.65. The van der Waals surface area contributed by atoms with Gasteiger partial charge in [0.15, 0.2) is 0 Å². The number of piperidine rings is 1. The maximum atomic E-state index is 13.9. The number of likely N-dealkylation sites (tertiary alicyclic amines) is 1. The van der Waals surface area contributed by atoms with E-state index in [4.69, 9.17) is 9.47 Å². The molecule has 2 bridgehead atoms. The number of anilines is 1. The number of para-hydroxylation sites is 1. The molecule has 3 unspecified atom stereocenters. The fourth-order valence-electron chi connectivity index (χ4n) is 5.91. The van der Waals surface area contributed by atoms with Crippen LogP contribution in [0.25, 0.3) is 0 Å². The van der Waals surface area contributed by atoms with Crippen LogP contribution in [0.3, 0.4) is 0 Å². The van der Waals surface area contributed by atoms with Crippen molar-refractivity contribution in [3.8, 4) is 0 Å². The van der Waals surface area contributed by atoms with Gasteiger partial charge >= 0.3 is 5.97 Å². The molecule has 8 heteroatoms. The second-order valence-corrected chi connectivity index (χ2v) is 10.6. The third-order valence-corrected chi connectivity index (χ3v) is 7.93. The lowest BCUT2D eigenvalue weighted by Crippen LogP contribution is -2.50. The molecule has 0 saturated carbocycles. The summed E-state index contributed by atoms with van der Waals surface area (Å²) in [5.74, 6) is -1.01. The lowest BCUT2D eigenvalue weighted by molar-refractivity contribution is -0.141. The number of amides is 1. The fraction of sp³-hybridized carbons (Fsp3) is 0.419. The molecule has 3 N–H and O–H groups in total. The van der Waals surface area contributed by atoms with Gasteiger partial charge in [0.25, 0.3) is 5.91 Å². The van der Waals surface area contributed by atoms with E-state index in [2.05, 4.69) is 22.6 Å². The van der Waals surface area contributed by atoms with E-state index >= 15 is 0 Å². The van der Waals surface area contributed by atoms with Crippen molar-refractivity contribution < 1.29 is 24.2 Å². The lowest BCUT2D eigenvalue weighted by atomic mass is 9.76. The summed E-state index contributed by atoms with van der Waals surface area (Å²) >= 11 is 0. The maximum Gasteiger partial charge on any atom is 0.337 e. The van der Waals surface area contributed by atoms with Crippen LogP contribution < -0.4 is 10.6 Å². The minimum absolute atomic E-state index is 0.0259. The molecular weight excluding hydrogens is 494 g/mol. The first-order valence-electron chi connectivity index (χ1n) is 13.7. The summed E-state index contributed by atoms with van der Waals surface area (Å²) in [6.45, 7) is 3.15. The molecule has 0 aromatic heterocycles. The smallest absolute Gasteiger partial charge is 0.337 e. The van der Waals surface area contributed by atoms with Crippen molar-refractivity contribution in [2.24, 2.45) is 0 Å². The standard InChI is InChI=1S/C31H37N3O5/c1-3-38-29(37)27-26(28(36)33-24-14-18-34(2)19-15-24)30(21-35)16-17-31(27,39-30)25(20-22-10-6-4-7-11-22)32-23-12-8-5-9-13-23/h4-13,16-17,24-25,32,35H,3,14-15,18-21H2,1-2H3,(H,33,36). The fourth-order valence-corrected chi connectivity index (χ4v) is 5.91. The van der Waals surface area contributed by atoms with E-state index in [-0.39, 0.29) is 23.8 Å². The Morgan fingerprint density at radius 2 is 1.72 bits per heavy atom. The topological polar surface area (TPSA) is 100 Å². The molecule has 2 aromatic carbocycles. The van der Waals surface area contributed by atoms with Crippen LogP contribution in [-0.2, 0) is 25.5 Å². The minimum Gasteiger partial charge on any atom is -0.463 e. The molecule has 39 heavy (non-hydrogen) atoms. The summed E-state index contributed by atoms with van der Waals surface area (Å²) in [5, 5.41) is 17.3. The molecule has 5 rings (SSSR count). The summed E-state index contributed by atoms with van der Waals surface area (Å²) in [6, 6.07) is 19.1. The summed E-state index contributed by atoms with van der Waals surface area (Å²) in [5.41, 5.74) is -0.608. The molecule has 1 saturated heterocycles. The second kappa shape index (κ2) is 11.3. The molecule has 0 spiro atoms. The van der Waals surface area contributed by atoms with Crippen molar-refractivity contribution >= 4 is 17.6 Å². The Kier molecular flexibility index (Phi) is 7.88. The first-order chi connectivity index (χ1) is 18.9. The van der Waals surface area contributed by atoms with Crippen LogP contribution in [0.15, 0.2) is 84.0 Å². The molecule has 206 valence electrons. The van der Waals surface area contributed by atoms with Gasteiger partial charge in [0.1, 0.15) is 11.2 Å². The number of hydrogen-bond acceptors (Lipinski definition) is 7. The third-order valence-electron chi connectivity index (χ3n) is 7.93. The van der Waals surface area contributed by atoms with Crippen molar-refractivity contribution in [2.75, 3.05) is 38.7 Å². The monoisotopic (exact) mass is 531 g/mol. The first kappa shape index (κ1) is 27.1.